The average Bonchev–Trinajstić information content (AvgIpc) is 3.09. The summed E-state index contributed by atoms with van der Waals surface area (Å²) in [6.07, 6.45) is -0.403. The molecule has 1 fully saturated rings. The van der Waals surface area contributed by atoms with Crippen molar-refractivity contribution in [3.63, 3.8) is 0 Å². The summed E-state index contributed by atoms with van der Waals surface area (Å²) in [6.45, 7) is 8.01. The van der Waals surface area contributed by atoms with E-state index < -0.39 is 6.09 Å². The van der Waals surface area contributed by atoms with Crippen LogP contribution in [-0.4, -0.2) is 42.4 Å². The van der Waals surface area contributed by atoms with Crippen molar-refractivity contribution >= 4 is 17.7 Å². The Hall–Kier alpha value is -2.86. The maximum atomic E-state index is 12.8. The number of aliphatic hydroxyl groups is 1. The number of amides is 2. The summed E-state index contributed by atoms with van der Waals surface area (Å²) in [6, 6.07) is 13.0. The third kappa shape index (κ3) is 4.59. The molecule has 1 saturated heterocycles. The van der Waals surface area contributed by atoms with Gasteiger partial charge in [0.15, 0.2) is 0 Å². The number of rotatable bonds is 6. The SMILES string of the molecule is Cc1ccc(-c2cc(C(=O)NC(C)CO)cc(N3C(=O)OCC3C(C)C)c2)cc1. The number of aryl methyl sites for hydroxylation is 1. The molecule has 0 spiro atoms. The highest BCUT2D eigenvalue weighted by Crippen LogP contribution is 2.32. The molecule has 2 aromatic rings. The molecule has 1 heterocycles. The molecule has 0 bridgehead atoms. The molecular weight excluding hydrogens is 368 g/mol. The number of hydrogen-bond donors (Lipinski definition) is 2. The van der Waals surface area contributed by atoms with Crippen molar-refractivity contribution in [3.05, 3.63) is 53.6 Å². The topological polar surface area (TPSA) is 78.9 Å². The first-order chi connectivity index (χ1) is 13.8. The molecule has 3 rings (SSSR count). The van der Waals surface area contributed by atoms with Crippen LogP contribution < -0.4 is 10.2 Å². The number of ether oxygens (including phenoxy) is 1. The molecule has 0 saturated carbocycles. The molecule has 6 nitrogen and oxygen atoms in total. The van der Waals surface area contributed by atoms with Crippen LogP contribution in [0.3, 0.4) is 0 Å². The molecule has 1 aliphatic heterocycles. The van der Waals surface area contributed by atoms with Crippen molar-refractivity contribution in [2.24, 2.45) is 5.92 Å². The maximum absolute atomic E-state index is 12.8. The number of nitrogens with zero attached hydrogens (tertiary/aromatic N) is 1. The van der Waals surface area contributed by atoms with Gasteiger partial charge in [-0.25, -0.2) is 4.79 Å². The summed E-state index contributed by atoms with van der Waals surface area (Å²) in [5, 5.41) is 12.0. The van der Waals surface area contributed by atoms with Crippen molar-refractivity contribution in [2.45, 2.75) is 39.8 Å². The molecular formula is C23H28N2O4. The first kappa shape index (κ1) is 20.9. The first-order valence-corrected chi connectivity index (χ1v) is 9.90. The molecule has 29 heavy (non-hydrogen) atoms. The van der Waals surface area contributed by atoms with Crippen LogP contribution in [0.1, 0.15) is 36.7 Å². The Balaban J connectivity index is 2.08. The second kappa shape index (κ2) is 8.66. The Kier molecular flexibility index (Phi) is 6.23. The molecule has 0 radical (unpaired) electrons. The van der Waals surface area contributed by atoms with E-state index in [4.69, 9.17) is 4.74 Å². The fraction of sp³-hybridized carbons (Fsp3) is 0.391. The van der Waals surface area contributed by atoms with Crippen LogP contribution >= 0.6 is 0 Å². The molecule has 1 aliphatic rings. The van der Waals surface area contributed by atoms with E-state index in [0.29, 0.717) is 17.9 Å². The van der Waals surface area contributed by atoms with E-state index in [1.165, 1.54) is 0 Å². The van der Waals surface area contributed by atoms with Crippen molar-refractivity contribution < 1.29 is 19.4 Å². The van der Waals surface area contributed by atoms with Gasteiger partial charge in [0, 0.05) is 17.3 Å². The van der Waals surface area contributed by atoms with Gasteiger partial charge >= 0.3 is 6.09 Å². The monoisotopic (exact) mass is 396 g/mol. The number of carbonyl (C=O) groups excluding carboxylic acids is 2. The zero-order valence-electron chi connectivity index (χ0n) is 17.3. The number of benzene rings is 2. The van der Waals surface area contributed by atoms with E-state index in [0.717, 1.165) is 16.7 Å². The van der Waals surface area contributed by atoms with Gasteiger partial charge in [-0.3, -0.25) is 9.69 Å². The Morgan fingerprint density at radius 1 is 1.17 bits per heavy atom. The van der Waals surface area contributed by atoms with E-state index in [-0.39, 0.29) is 30.5 Å². The minimum absolute atomic E-state index is 0.0944. The number of nitrogens with one attached hydrogen (secondary N) is 1. The van der Waals surface area contributed by atoms with Crippen LogP contribution in [0.4, 0.5) is 10.5 Å². The van der Waals surface area contributed by atoms with Gasteiger partial charge in [-0.1, -0.05) is 43.7 Å². The minimum Gasteiger partial charge on any atom is -0.447 e. The second-order valence-electron chi connectivity index (χ2n) is 7.95. The number of anilines is 1. The standard InChI is InChI=1S/C23H28N2O4/c1-14(2)21-13-29-23(28)25(21)20-10-18(17-7-5-15(3)6-8-17)9-19(11-20)22(27)24-16(4)12-26/h5-11,14,16,21,26H,12-13H2,1-4H3,(H,24,27). The Morgan fingerprint density at radius 3 is 2.48 bits per heavy atom. The summed E-state index contributed by atoms with van der Waals surface area (Å²) >= 11 is 0. The van der Waals surface area contributed by atoms with E-state index in [1.807, 2.05) is 51.1 Å². The quantitative estimate of drug-likeness (QED) is 0.779. The molecule has 0 aromatic heterocycles. The van der Waals surface area contributed by atoms with Gasteiger partial charge in [0.25, 0.3) is 5.91 Å². The molecule has 2 amide bonds. The van der Waals surface area contributed by atoms with Gasteiger partial charge in [-0.15, -0.1) is 0 Å². The molecule has 0 aliphatic carbocycles. The largest absolute Gasteiger partial charge is 0.447 e. The smallest absolute Gasteiger partial charge is 0.414 e. The number of aliphatic hydroxyl groups excluding tert-OH is 1. The fourth-order valence-corrected chi connectivity index (χ4v) is 3.37. The predicted octanol–water partition coefficient (Wildman–Crippen LogP) is 3.75. The van der Waals surface area contributed by atoms with Gasteiger partial charge in [-0.2, -0.15) is 0 Å². The van der Waals surface area contributed by atoms with E-state index >= 15 is 0 Å². The molecule has 2 atom stereocenters. The lowest BCUT2D eigenvalue weighted by molar-refractivity contribution is 0.0922. The van der Waals surface area contributed by atoms with Gasteiger partial charge in [0.1, 0.15) is 6.61 Å². The lowest BCUT2D eigenvalue weighted by atomic mass is 9.98. The molecule has 2 aromatic carbocycles. The third-order valence-electron chi connectivity index (χ3n) is 5.17. The average molecular weight is 396 g/mol. The first-order valence-electron chi connectivity index (χ1n) is 9.90. The molecule has 154 valence electrons. The minimum atomic E-state index is -0.403. The molecule has 6 heteroatoms. The van der Waals surface area contributed by atoms with Crippen molar-refractivity contribution in [2.75, 3.05) is 18.1 Å². The van der Waals surface area contributed by atoms with Crippen LogP contribution in [0, 0.1) is 12.8 Å². The lowest BCUT2D eigenvalue weighted by Crippen LogP contribution is -2.38. The Bertz CT molecular complexity index is 892. The van der Waals surface area contributed by atoms with Gasteiger partial charge in [0.2, 0.25) is 0 Å². The van der Waals surface area contributed by atoms with Gasteiger partial charge < -0.3 is 15.2 Å². The molecule has 2 unspecified atom stereocenters. The highest BCUT2D eigenvalue weighted by atomic mass is 16.6. The summed E-state index contributed by atoms with van der Waals surface area (Å²) in [5.74, 6) is -0.0911. The Morgan fingerprint density at radius 2 is 1.86 bits per heavy atom. The number of carbonyl (C=O) groups is 2. The molecule has 2 N–H and O–H groups in total. The lowest BCUT2D eigenvalue weighted by Gasteiger charge is -2.25. The zero-order chi connectivity index (χ0) is 21.1. The normalized spacial score (nSPS) is 17.4. The van der Waals surface area contributed by atoms with Crippen LogP contribution in [0.25, 0.3) is 11.1 Å². The van der Waals surface area contributed by atoms with Crippen LogP contribution in [0.5, 0.6) is 0 Å². The zero-order valence-corrected chi connectivity index (χ0v) is 17.3. The highest BCUT2D eigenvalue weighted by molar-refractivity contribution is 5.99. The van der Waals surface area contributed by atoms with Crippen molar-refractivity contribution in [1.29, 1.82) is 0 Å². The van der Waals surface area contributed by atoms with Gasteiger partial charge in [-0.05, 0) is 49.1 Å². The van der Waals surface area contributed by atoms with Crippen molar-refractivity contribution in [3.8, 4) is 11.1 Å². The van der Waals surface area contributed by atoms with E-state index in [2.05, 4.69) is 5.32 Å². The van der Waals surface area contributed by atoms with Crippen molar-refractivity contribution in [1.82, 2.24) is 5.32 Å². The highest BCUT2D eigenvalue weighted by Gasteiger charge is 2.36. The maximum Gasteiger partial charge on any atom is 0.414 e. The third-order valence-corrected chi connectivity index (χ3v) is 5.17. The number of cyclic esters (lactones) is 1. The van der Waals surface area contributed by atoms with Gasteiger partial charge in [0.05, 0.1) is 12.6 Å². The van der Waals surface area contributed by atoms with Crippen LogP contribution in [0.2, 0.25) is 0 Å². The summed E-state index contributed by atoms with van der Waals surface area (Å²) in [7, 11) is 0. The fourth-order valence-electron chi connectivity index (χ4n) is 3.37. The second-order valence-corrected chi connectivity index (χ2v) is 7.95. The van der Waals surface area contributed by atoms with E-state index in [1.54, 1.807) is 24.0 Å². The van der Waals surface area contributed by atoms with Crippen LogP contribution in [-0.2, 0) is 4.74 Å². The van der Waals surface area contributed by atoms with E-state index in [9.17, 15) is 14.7 Å². The van der Waals surface area contributed by atoms with Crippen LogP contribution in [0.15, 0.2) is 42.5 Å². The summed E-state index contributed by atoms with van der Waals surface area (Å²) < 4.78 is 5.29. The number of hydrogen-bond acceptors (Lipinski definition) is 4. The predicted molar refractivity (Wildman–Crippen MR) is 113 cm³/mol. The Labute approximate surface area is 171 Å². The summed E-state index contributed by atoms with van der Waals surface area (Å²) in [4.78, 5) is 26.8. The summed E-state index contributed by atoms with van der Waals surface area (Å²) in [5.41, 5.74) is 4.00.